The van der Waals surface area contributed by atoms with Crippen molar-refractivity contribution in [1.82, 2.24) is 5.32 Å². The second-order valence-corrected chi connectivity index (χ2v) is 2.26. The molecule has 0 radical (unpaired) electrons. The Labute approximate surface area is 78.9 Å². The fourth-order valence-corrected chi connectivity index (χ4v) is 0.283. The van der Waals surface area contributed by atoms with Crippen molar-refractivity contribution in [2.24, 2.45) is 0 Å². The lowest BCUT2D eigenvalue weighted by atomic mass is 10.6. The fourth-order valence-electron chi connectivity index (χ4n) is 0.283. The Hall–Kier alpha value is 0.130. The smallest absolute Gasteiger partial charge is 0.0555 e. The molecule has 0 bridgehead atoms. The number of hydrogen-bond donors (Lipinski definition) is 3. The molecule has 0 atom stereocenters. The van der Waals surface area contributed by atoms with E-state index in [4.69, 9.17) is 21.8 Å². The van der Waals surface area contributed by atoms with E-state index in [1.54, 1.807) is 0 Å². The Morgan fingerprint density at radius 3 is 1.67 bits per heavy atom. The molecule has 0 aromatic rings. The first-order valence-electron chi connectivity index (χ1n) is 3.81. The maximum atomic E-state index is 8.15. The number of rotatable bonds is 5. The molecule has 0 amide bonds. The molecule has 0 aliphatic rings. The standard InChI is InChI=1S/C4H11NO2.C3H7Cl.H2O/c6-3-1-5-2-4-7;1-2-3-4;/h5-7H,1-4H2;2-3H2,1H3;1H2. The first-order valence-corrected chi connectivity index (χ1v) is 4.35. The van der Waals surface area contributed by atoms with Crippen LogP contribution in [0, 0.1) is 0 Å². The molecule has 12 heavy (non-hydrogen) atoms. The Kier molecular flexibility index (Phi) is 33.7. The van der Waals surface area contributed by atoms with Crippen LogP contribution in [0.15, 0.2) is 0 Å². The lowest BCUT2D eigenvalue weighted by molar-refractivity contribution is 0.267. The number of aliphatic hydroxyl groups excluding tert-OH is 2. The molecule has 0 unspecified atom stereocenters. The van der Waals surface area contributed by atoms with Gasteiger partial charge < -0.3 is 21.0 Å². The van der Waals surface area contributed by atoms with E-state index in [1.807, 2.05) is 6.92 Å². The highest BCUT2D eigenvalue weighted by Crippen LogP contribution is 1.75. The second-order valence-electron chi connectivity index (χ2n) is 1.89. The number of aliphatic hydroxyl groups is 2. The van der Waals surface area contributed by atoms with Crippen molar-refractivity contribution in [1.29, 1.82) is 0 Å². The van der Waals surface area contributed by atoms with Gasteiger partial charge in [-0.1, -0.05) is 6.92 Å². The van der Waals surface area contributed by atoms with Crippen molar-refractivity contribution in [2.45, 2.75) is 13.3 Å². The van der Waals surface area contributed by atoms with Crippen molar-refractivity contribution in [3.8, 4) is 0 Å². The van der Waals surface area contributed by atoms with Crippen LogP contribution in [-0.4, -0.2) is 47.9 Å². The van der Waals surface area contributed by atoms with Gasteiger partial charge in [-0.3, -0.25) is 0 Å². The average Bonchev–Trinajstić information content (AvgIpc) is 2.06. The van der Waals surface area contributed by atoms with Gasteiger partial charge in [0.25, 0.3) is 0 Å². The molecule has 78 valence electrons. The van der Waals surface area contributed by atoms with Gasteiger partial charge in [0.05, 0.1) is 13.2 Å². The Balaban J connectivity index is -0.000000142. The molecule has 5 heteroatoms. The summed E-state index contributed by atoms with van der Waals surface area (Å²) in [6, 6.07) is 0. The molecule has 0 spiro atoms. The van der Waals surface area contributed by atoms with Gasteiger partial charge in [0.15, 0.2) is 0 Å². The predicted octanol–water partition coefficient (Wildman–Crippen LogP) is -0.629. The third kappa shape index (κ3) is 32.1. The van der Waals surface area contributed by atoms with Crippen LogP contribution < -0.4 is 5.32 Å². The summed E-state index contributed by atoms with van der Waals surface area (Å²) < 4.78 is 0. The molecule has 0 saturated carbocycles. The van der Waals surface area contributed by atoms with Crippen LogP contribution >= 0.6 is 11.6 Å². The monoisotopic (exact) mass is 201 g/mol. The number of nitrogens with one attached hydrogen (secondary N) is 1. The van der Waals surface area contributed by atoms with Gasteiger partial charge in [0, 0.05) is 19.0 Å². The molecule has 0 heterocycles. The highest BCUT2D eigenvalue weighted by Gasteiger charge is 1.78. The average molecular weight is 202 g/mol. The first-order chi connectivity index (χ1) is 5.33. The van der Waals surface area contributed by atoms with Crippen LogP contribution in [0.25, 0.3) is 0 Å². The van der Waals surface area contributed by atoms with Gasteiger partial charge in [-0.2, -0.15) is 0 Å². The third-order valence-electron chi connectivity index (χ3n) is 0.766. The molecule has 0 aromatic heterocycles. The van der Waals surface area contributed by atoms with Crippen molar-refractivity contribution >= 4 is 11.6 Å². The summed E-state index contributed by atoms with van der Waals surface area (Å²) >= 11 is 5.19. The number of hydrogen-bond acceptors (Lipinski definition) is 3. The van der Waals surface area contributed by atoms with Gasteiger partial charge >= 0.3 is 0 Å². The molecular weight excluding hydrogens is 182 g/mol. The highest BCUT2D eigenvalue weighted by molar-refractivity contribution is 6.17. The van der Waals surface area contributed by atoms with E-state index in [1.165, 1.54) is 0 Å². The Morgan fingerprint density at radius 1 is 1.17 bits per heavy atom. The fraction of sp³-hybridized carbons (Fsp3) is 1.00. The van der Waals surface area contributed by atoms with Crippen LogP contribution in [0.2, 0.25) is 0 Å². The number of halogens is 1. The van der Waals surface area contributed by atoms with E-state index in [-0.39, 0.29) is 18.7 Å². The molecule has 0 rings (SSSR count). The normalized spacial score (nSPS) is 8.00. The molecule has 0 saturated heterocycles. The van der Waals surface area contributed by atoms with Crippen LogP contribution in [0.3, 0.4) is 0 Å². The van der Waals surface area contributed by atoms with E-state index in [2.05, 4.69) is 5.32 Å². The van der Waals surface area contributed by atoms with E-state index >= 15 is 0 Å². The summed E-state index contributed by atoms with van der Waals surface area (Å²) in [6.45, 7) is 3.47. The van der Waals surface area contributed by atoms with E-state index < -0.39 is 0 Å². The van der Waals surface area contributed by atoms with E-state index in [0.29, 0.717) is 13.1 Å². The Morgan fingerprint density at radius 2 is 1.50 bits per heavy atom. The van der Waals surface area contributed by atoms with E-state index in [0.717, 1.165) is 12.3 Å². The largest absolute Gasteiger partial charge is 0.412 e. The summed E-state index contributed by atoms with van der Waals surface area (Å²) in [5.41, 5.74) is 0. The van der Waals surface area contributed by atoms with Crippen molar-refractivity contribution < 1.29 is 15.7 Å². The summed E-state index contributed by atoms with van der Waals surface area (Å²) in [5, 5.41) is 19.1. The zero-order valence-electron chi connectivity index (χ0n) is 7.52. The predicted molar refractivity (Wildman–Crippen MR) is 51.7 cm³/mol. The third-order valence-corrected chi connectivity index (χ3v) is 1.14. The van der Waals surface area contributed by atoms with Crippen LogP contribution in [0.4, 0.5) is 0 Å². The molecular formula is C7H20ClNO3. The molecule has 0 aliphatic heterocycles. The van der Waals surface area contributed by atoms with Crippen LogP contribution in [0.5, 0.6) is 0 Å². The maximum absolute atomic E-state index is 8.15. The summed E-state index contributed by atoms with van der Waals surface area (Å²) in [6.07, 6.45) is 1.08. The van der Waals surface area contributed by atoms with Crippen molar-refractivity contribution in [3.05, 3.63) is 0 Å². The lowest BCUT2D eigenvalue weighted by Crippen LogP contribution is -2.21. The van der Waals surface area contributed by atoms with Gasteiger partial charge in [-0.25, -0.2) is 0 Å². The second kappa shape index (κ2) is 22.5. The summed E-state index contributed by atoms with van der Waals surface area (Å²) in [4.78, 5) is 0. The molecule has 5 N–H and O–H groups in total. The minimum absolute atomic E-state index is 0. The topological polar surface area (TPSA) is 84.0 Å². The van der Waals surface area contributed by atoms with Crippen molar-refractivity contribution in [3.63, 3.8) is 0 Å². The van der Waals surface area contributed by atoms with Gasteiger partial charge in [-0.15, -0.1) is 11.6 Å². The summed E-state index contributed by atoms with van der Waals surface area (Å²) in [5.74, 6) is 0.792. The molecule has 0 fully saturated rings. The van der Waals surface area contributed by atoms with Crippen LogP contribution in [-0.2, 0) is 0 Å². The zero-order valence-corrected chi connectivity index (χ0v) is 8.27. The van der Waals surface area contributed by atoms with Crippen molar-refractivity contribution in [2.75, 3.05) is 32.2 Å². The van der Waals surface area contributed by atoms with E-state index in [9.17, 15) is 0 Å². The zero-order chi connectivity index (χ0) is 8.95. The molecule has 0 aromatic carbocycles. The number of alkyl halides is 1. The van der Waals surface area contributed by atoms with Crippen LogP contribution in [0.1, 0.15) is 13.3 Å². The SMILES string of the molecule is CCCCl.O.OCCNCCO. The summed E-state index contributed by atoms with van der Waals surface area (Å²) in [7, 11) is 0. The molecule has 4 nitrogen and oxygen atoms in total. The quantitative estimate of drug-likeness (QED) is 0.409. The van der Waals surface area contributed by atoms with Gasteiger partial charge in [0.1, 0.15) is 0 Å². The first kappa shape index (κ1) is 18.0. The minimum Gasteiger partial charge on any atom is -0.412 e. The van der Waals surface area contributed by atoms with Gasteiger partial charge in [0.2, 0.25) is 0 Å². The molecule has 0 aliphatic carbocycles. The highest BCUT2D eigenvalue weighted by atomic mass is 35.5. The maximum Gasteiger partial charge on any atom is 0.0555 e. The Bertz CT molecular complexity index is 51.9. The lowest BCUT2D eigenvalue weighted by Gasteiger charge is -1.94. The minimum atomic E-state index is 0. The van der Waals surface area contributed by atoms with Gasteiger partial charge in [-0.05, 0) is 6.42 Å².